The first-order valence-electron chi connectivity index (χ1n) is 11.6. The van der Waals surface area contributed by atoms with E-state index in [1.807, 2.05) is 12.1 Å². The van der Waals surface area contributed by atoms with E-state index in [0.29, 0.717) is 18.3 Å². The number of benzene rings is 2. The van der Waals surface area contributed by atoms with Crippen LogP contribution < -0.4 is 4.74 Å². The Hall–Kier alpha value is -1.76. The van der Waals surface area contributed by atoms with Crippen LogP contribution in [-0.4, -0.2) is 44.4 Å². The van der Waals surface area contributed by atoms with Gasteiger partial charge in [-0.3, -0.25) is 0 Å². The molecule has 1 heterocycles. The number of ether oxygens (including phenoxy) is 2. The third kappa shape index (κ3) is 5.67. The molecule has 2 fully saturated rings. The lowest BCUT2D eigenvalue weighted by Gasteiger charge is -2.49. The molecule has 0 amide bonds. The van der Waals surface area contributed by atoms with Crippen molar-refractivity contribution in [3.05, 3.63) is 64.7 Å². The van der Waals surface area contributed by atoms with Gasteiger partial charge in [0.15, 0.2) is 0 Å². The average Bonchev–Trinajstić information content (AvgIpc) is 2.77. The Bertz CT molecular complexity index is 897. The zero-order chi connectivity index (χ0) is 23.5. The van der Waals surface area contributed by atoms with Gasteiger partial charge in [-0.25, -0.2) is 0 Å². The van der Waals surface area contributed by atoms with E-state index < -0.39 is 11.7 Å². The van der Waals surface area contributed by atoms with Gasteiger partial charge in [0.05, 0.1) is 18.3 Å². The Morgan fingerprint density at radius 2 is 1.76 bits per heavy atom. The summed E-state index contributed by atoms with van der Waals surface area (Å²) in [5, 5.41) is 0.745. The lowest BCUT2D eigenvalue weighted by Crippen LogP contribution is -2.53. The predicted octanol–water partition coefficient (Wildman–Crippen LogP) is 6.59. The van der Waals surface area contributed by atoms with E-state index in [0.717, 1.165) is 62.5 Å². The van der Waals surface area contributed by atoms with Gasteiger partial charge in [0, 0.05) is 36.6 Å². The minimum absolute atomic E-state index is 0.0308. The van der Waals surface area contributed by atoms with Crippen LogP contribution in [0.15, 0.2) is 48.5 Å². The van der Waals surface area contributed by atoms with Crippen LogP contribution in [0.5, 0.6) is 5.75 Å². The van der Waals surface area contributed by atoms with Gasteiger partial charge in [-0.05, 0) is 74.2 Å². The standard InChI is InChI=1S/C26H31ClF3NO2/c1-32-24(25(13-3-14-25)20-5-9-22(27)10-6-20)17-31-15-2-4-19(16-31)18-33-23-11-7-21(8-12-23)26(28,29)30/h5-12,19,24H,2-4,13-18H2,1H3/t19-,24?/m1/s1. The Balaban J connectivity index is 1.34. The number of nitrogens with zero attached hydrogens (tertiary/aromatic N) is 1. The number of halogens is 4. The van der Waals surface area contributed by atoms with Crippen LogP contribution in [0.3, 0.4) is 0 Å². The molecule has 3 nitrogen and oxygen atoms in total. The Kier molecular flexibility index (Phi) is 7.56. The van der Waals surface area contributed by atoms with Crippen molar-refractivity contribution in [2.45, 2.75) is 49.8 Å². The van der Waals surface area contributed by atoms with Crippen molar-refractivity contribution < 1.29 is 22.6 Å². The van der Waals surface area contributed by atoms with Gasteiger partial charge >= 0.3 is 6.18 Å². The van der Waals surface area contributed by atoms with E-state index in [1.165, 1.54) is 24.1 Å². The molecular weight excluding hydrogens is 451 g/mol. The summed E-state index contributed by atoms with van der Waals surface area (Å²) in [6, 6.07) is 13.1. The van der Waals surface area contributed by atoms with E-state index >= 15 is 0 Å². The summed E-state index contributed by atoms with van der Waals surface area (Å²) in [5.41, 5.74) is 0.669. The Labute approximate surface area is 198 Å². The highest BCUT2D eigenvalue weighted by molar-refractivity contribution is 6.30. The molecule has 2 aromatic rings. The van der Waals surface area contributed by atoms with E-state index in [1.54, 1.807) is 7.11 Å². The van der Waals surface area contributed by atoms with Crippen LogP contribution in [0, 0.1) is 5.92 Å². The molecule has 2 aromatic carbocycles. The van der Waals surface area contributed by atoms with Crippen LogP contribution in [0.1, 0.15) is 43.2 Å². The normalized spacial score (nSPS) is 21.9. The van der Waals surface area contributed by atoms with Crippen molar-refractivity contribution >= 4 is 11.6 Å². The van der Waals surface area contributed by atoms with Gasteiger partial charge in [0.1, 0.15) is 5.75 Å². The molecule has 180 valence electrons. The number of likely N-dealkylation sites (tertiary alicyclic amines) is 1. The second-order valence-corrected chi connectivity index (χ2v) is 9.78. The maximum atomic E-state index is 12.7. The van der Waals surface area contributed by atoms with Gasteiger partial charge < -0.3 is 14.4 Å². The highest BCUT2D eigenvalue weighted by Gasteiger charge is 2.46. The van der Waals surface area contributed by atoms with Gasteiger partial charge in [0.25, 0.3) is 0 Å². The molecule has 1 aliphatic heterocycles. The maximum absolute atomic E-state index is 12.7. The largest absolute Gasteiger partial charge is 0.493 e. The number of hydrogen-bond acceptors (Lipinski definition) is 3. The van der Waals surface area contributed by atoms with E-state index in [9.17, 15) is 13.2 Å². The van der Waals surface area contributed by atoms with Crippen LogP contribution in [0.2, 0.25) is 5.02 Å². The second-order valence-electron chi connectivity index (χ2n) is 9.34. The summed E-state index contributed by atoms with van der Waals surface area (Å²) in [4.78, 5) is 2.45. The smallest absolute Gasteiger partial charge is 0.416 e. The zero-order valence-electron chi connectivity index (χ0n) is 18.9. The molecule has 1 saturated heterocycles. The number of piperidine rings is 1. The van der Waals surface area contributed by atoms with Crippen molar-refractivity contribution in [3.63, 3.8) is 0 Å². The fraction of sp³-hybridized carbons (Fsp3) is 0.538. The molecule has 1 aliphatic carbocycles. The molecule has 0 radical (unpaired) electrons. The molecule has 33 heavy (non-hydrogen) atoms. The highest BCUT2D eigenvalue weighted by Crippen LogP contribution is 2.48. The van der Waals surface area contributed by atoms with Crippen LogP contribution in [-0.2, 0) is 16.3 Å². The first-order chi connectivity index (χ1) is 15.8. The lowest BCUT2D eigenvalue weighted by molar-refractivity contribution is -0.137. The quantitative estimate of drug-likeness (QED) is 0.424. The minimum Gasteiger partial charge on any atom is -0.493 e. The average molecular weight is 482 g/mol. The molecule has 0 spiro atoms. The lowest BCUT2D eigenvalue weighted by atomic mass is 9.61. The van der Waals surface area contributed by atoms with Crippen LogP contribution in [0.4, 0.5) is 13.2 Å². The molecule has 7 heteroatoms. The van der Waals surface area contributed by atoms with Crippen molar-refractivity contribution in [1.82, 2.24) is 4.90 Å². The molecule has 2 aliphatic rings. The zero-order valence-corrected chi connectivity index (χ0v) is 19.7. The minimum atomic E-state index is -4.33. The molecule has 2 atom stereocenters. The number of methoxy groups -OCH3 is 1. The van der Waals surface area contributed by atoms with Gasteiger partial charge in [-0.15, -0.1) is 0 Å². The van der Waals surface area contributed by atoms with Crippen molar-refractivity contribution in [1.29, 1.82) is 0 Å². The molecule has 1 unspecified atom stereocenters. The third-order valence-corrected chi connectivity index (χ3v) is 7.51. The topological polar surface area (TPSA) is 21.7 Å². The van der Waals surface area contributed by atoms with E-state index in [4.69, 9.17) is 21.1 Å². The van der Waals surface area contributed by atoms with Crippen LogP contribution >= 0.6 is 11.6 Å². The van der Waals surface area contributed by atoms with Crippen LogP contribution in [0.25, 0.3) is 0 Å². The fourth-order valence-corrected chi connectivity index (χ4v) is 5.38. The SMILES string of the molecule is COC(CN1CCC[C@@H](COc2ccc(C(F)(F)F)cc2)C1)C1(c2ccc(Cl)cc2)CCC1. The first-order valence-corrected chi connectivity index (χ1v) is 12.0. The fourth-order valence-electron chi connectivity index (χ4n) is 5.25. The molecule has 0 N–H and O–H groups in total. The summed E-state index contributed by atoms with van der Waals surface area (Å²) in [5.74, 6) is 0.817. The highest BCUT2D eigenvalue weighted by atomic mass is 35.5. The summed E-state index contributed by atoms with van der Waals surface area (Å²) in [6.45, 7) is 3.28. The number of hydrogen-bond donors (Lipinski definition) is 0. The van der Waals surface area contributed by atoms with Gasteiger partial charge in [0.2, 0.25) is 0 Å². The second kappa shape index (κ2) is 10.2. The monoisotopic (exact) mass is 481 g/mol. The molecular formula is C26H31ClF3NO2. The van der Waals surface area contributed by atoms with Gasteiger partial charge in [-0.1, -0.05) is 30.2 Å². The Morgan fingerprint density at radius 1 is 1.06 bits per heavy atom. The van der Waals surface area contributed by atoms with E-state index in [2.05, 4.69) is 17.0 Å². The summed E-state index contributed by atoms with van der Waals surface area (Å²) >= 11 is 6.11. The van der Waals surface area contributed by atoms with Crippen molar-refractivity contribution in [2.75, 3.05) is 33.4 Å². The number of rotatable bonds is 8. The summed E-state index contributed by atoms with van der Waals surface area (Å²) in [6.07, 6.45) is 1.32. The van der Waals surface area contributed by atoms with Crippen molar-refractivity contribution in [2.24, 2.45) is 5.92 Å². The maximum Gasteiger partial charge on any atom is 0.416 e. The molecule has 4 rings (SSSR count). The molecule has 0 bridgehead atoms. The van der Waals surface area contributed by atoms with E-state index in [-0.39, 0.29) is 11.5 Å². The summed E-state index contributed by atoms with van der Waals surface area (Å²) in [7, 11) is 1.80. The molecule has 1 saturated carbocycles. The number of alkyl halides is 3. The predicted molar refractivity (Wildman–Crippen MR) is 124 cm³/mol. The molecule has 0 aromatic heterocycles. The van der Waals surface area contributed by atoms with Crippen molar-refractivity contribution in [3.8, 4) is 5.75 Å². The Morgan fingerprint density at radius 3 is 2.33 bits per heavy atom. The third-order valence-electron chi connectivity index (χ3n) is 7.26. The van der Waals surface area contributed by atoms with Gasteiger partial charge in [-0.2, -0.15) is 13.2 Å². The summed E-state index contributed by atoms with van der Waals surface area (Å²) < 4.78 is 50.1. The first kappa shape index (κ1) is 24.4.